The molecule has 5 rings (SSSR count). The first-order chi connectivity index (χ1) is 16.7. The summed E-state index contributed by atoms with van der Waals surface area (Å²) in [6, 6.07) is 23.2. The summed E-state index contributed by atoms with van der Waals surface area (Å²) in [7, 11) is 0. The maximum absolute atomic E-state index is 11.5. The van der Waals surface area contributed by atoms with E-state index in [0.29, 0.717) is 23.5 Å². The molecule has 1 aliphatic heterocycles. The molecule has 0 atom stereocenters. The predicted octanol–water partition coefficient (Wildman–Crippen LogP) is 2.37. The number of nitro benzene ring substituents is 1. The summed E-state index contributed by atoms with van der Waals surface area (Å²) in [6.07, 6.45) is 3.06. The van der Waals surface area contributed by atoms with Gasteiger partial charge < -0.3 is 27.2 Å². The second kappa shape index (κ2) is 11.2. The standard InChI is InChI=1S/C25H23N4O4S.ClH/c30-29(31)21-16-23-22(32-17-33-23)15-18(21)9-7-8-14-24-28(20-12-5-2-6-13-20)27-25(34-24)26-19-10-3-1-4-11-19;/h1-6,10-13,15-16H,7-9,14,17H2,(H,26,27);1H/q+1;/p-1. The van der Waals surface area contributed by atoms with E-state index in [2.05, 4.69) is 5.32 Å². The molecule has 180 valence electrons. The van der Waals surface area contributed by atoms with Crippen LogP contribution in [0.4, 0.5) is 16.5 Å². The first kappa shape index (κ1) is 24.4. The molecule has 1 N–H and O–H groups in total. The Balaban J connectivity index is 0.00000289. The summed E-state index contributed by atoms with van der Waals surface area (Å²) < 4.78 is 12.7. The average molecular weight is 511 g/mol. The number of anilines is 2. The van der Waals surface area contributed by atoms with Crippen LogP contribution in [0.1, 0.15) is 23.4 Å². The van der Waals surface area contributed by atoms with E-state index in [1.54, 1.807) is 17.4 Å². The first-order valence-corrected chi connectivity index (χ1v) is 11.9. The predicted molar refractivity (Wildman–Crippen MR) is 129 cm³/mol. The van der Waals surface area contributed by atoms with Crippen LogP contribution in [0.5, 0.6) is 11.5 Å². The molecule has 0 aliphatic carbocycles. The van der Waals surface area contributed by atoms with Gasteiger partial charge in [-0.3, -0.25) is 10.1 Å². The minimum atomic E-state index is -0.356. The number of fused-ring (bicyclic) bond motifs is 1. The molecule has 0 saturated heterocycles. The van der Waals surface area contributed by atoms with Gasteiger partial charge in [-0.1, -0.05) is 36.4 Å². The molecular weight excluding hydrogens is 488 g/mol. The quantitative estimate of drug-likeness (QED) is 0.161. The van der Waals surface area contributed by atoms with Crippen LogP contribution < -0.4 is 31.9 Å². The number of unbranched alkanes of at least 4 members (excludes halogenated alkanes) is 1. The molecule has 0 amide bonds. The second-order valence-electron chi connectivity index (χ2n) is 7.84. The summed E-state index contributed by atoms with van der Waals surface area (Å²) in [6.45, 7) is 0.0974. The Hall–Kier alpha value is -3.69. The minimum absolute atomic E-state index is 0. The zero-order valence-corrected chi connectivity index (χ0v) is 20.3. The third-order valence-electron chi connectivity index (χ3n) is 5.52. The highest BCUT2D eigenvalue weighted by molar-refractivity contribution is 7.15. The van der Waals surface area contributed by atoms with Crippen LogP contribution in [-0.4, -0.2) is 16.8 Å². The molecule has 0 saturated carbocycles. The zero-order chi connectivity index (χ0) is 23.3. The average Bonchev–Trinajstić information content (AvgIpc) is 3.48. The van der Waals surface area contributed by atoms with Gasteiger partial charge in [-0.25, -0.2) is 0 Å². The molecule has 35 heavy (non-hydrogen) atoms. The van der Waals surface area contributed by atoms with Gasteiger partial charge in [0.1, 0.15) is 0 Å². The van der Waals surface area contributed by atoms with Crippen molar-refractivity contribution in [3.63, 3.8) is 0 Å². The molecule has 3 aromatic carbocycles. The van der Waals surface area contributed by atoms with Crippen LogP contribution in [0.15, 0.2) is 72.8 Å². The maximum atomic E-state index is 11.5. The molecule has 10 heteroatoms. The number of hydrogen-bond acceptors (Lipinski definition) is 7. The Morgan fingerprint density at radius 1 is 0.971 bits per heavy atom. The molecule has 0 fully saturated rings. The van der Waals surface area contributed by atoms with Gasteiger partial charge in [0, 0.05) is 34.9 Å². The SMILES string of the molecule is O=[N+]([O-])c1cc2c(cc1CCCCc1sc(Nc3ccccc3)n[n+]1-c1ccccc1)OCO2.[Cl-]. The fraction of sp³-hybridized carbons (Fsp3) is 0.200. The van der Waals surface area contributed by atoms with Crippen molar-refractivity contribution in [2.24, 2.45) is 0 Å². The van der Waals surface area contributed by atoms with E-state index in [1.807, 2.05) is 65.3 Å². The highest BCUT2D eigenvalue weighted by Gasteiger charge is 2.24. The minimum Gasteiger partial charge on any atom is -1.00 e. The Morgan fingerprint density at radius 2 is 1.63 bits per heavy atom. The van der Waals surface area contributed by atoms with E-state index >= 15 is 0 Å². The first-order valence-electron chi connectivity index (χ1n) is 11.0. The van der Waals surface area contributed by atoms with Gasteiger partial charge in [0.15, 0.2) is 11.5 Å². The van der Waals surface area contributed by atoms with Crippen LogP contribution in [0.25, 0.3) is 5.69 Å². The van der Waals surface area contributed by atoms with E-state index in [0.717, 1.165) is 40.8 Å². The fourth-order valence-corrected chi connectivity index (χ4v) is 4.87. The fourth-order valence-electron chi connectivity index (χ4n) is 3.88. The third kappa shape index (κ3) is 5.70. The number of aryl methyl sites for hydroxylation is 2. The highest BCUT2D eigenvalue weighted by Crippen LogP contribution is 2.38. The molecule has 1 aromatic heterocycles. The third-order valence-corrected chi connectivity index (χ3v) is 6.51. The molecule has 0 spiro atoms. The van der Waals surface area contributed by atoms with Crippen LogP contribution >= 0.6 is 11.3 Å². The van der Waals surface area contributed by atoms with Crippen LogP contribution in [0.2, 0.25) is 0 Å². The molecule has 0 radical (unpaired) electrons. The normalized spacial score (nSPS) is 11.7. The van der Waals surface area contributed by atoms with E-state index in [-0.39, 0.29) is 29.8 Å². The molecule has 2 heterocycles. The van der Waals surface area contributed by atoms with Gasteiger partial charge in [-0.15, -0.1) is 0 Å². The Labute approximate surface area is 212 Å². The molecule has 4 aromatic rings. The van der Waals surface area contributed by atoms with Crippen molar-refractivity contribution in [3.8, 4) is 17.2 Å². The van der Waals surface area contributed by atoms with Crippen molar-refractivity contribution in [1.82, 2.24) is 5.10 Å². The van der Waals surface area contributed by atoms with Crippen molar-refractivity contribution >= 4 is 27.8 Å². The van der Waals surface area contributed by atoms with Crippen LogP contribution in [-0.2, 0) is 12.8 Å². The van der Waals surface area contributed by atoms with E-state index in [1.165, 1.54) is 6.07 Å². The number of aromatic nitrogens is 2. The second-order valence-corrected chi connectivity index (χ2v) is 8.90. The Bertz CT molecular complexity index is 1300. The number of benzene rings is 3. The number of ether oxygens (including phenoxy) is 2. The molecule has 0 unspecified atom stereocenters. The van der Waals surface area contributed by atoms with Gasteiger partial charge >= 0.3 is 0 Å². The van der Waals surface area contributed by atoms with E-state index in [9.17, 15) is 10.1 Å². The smallest absolute Gasteiger partial charge is 0.276 e. The molecule has 0 bridgehead atoms. The van der Waals surface area contributed by atoms with Crippen molar-refractivity contribution in [1.29, 1.82) is 0 Å². The largest absolute Gasteiger partial charge is 1.00 e. The lowest BCUT2D eigenvalue weighted by Crippen LogP contribution is -3.00. The number of para-hydroxylation sites is 2. The van der Waals surface area contributed by atoms with Crippen LogP contribution in [0, 0.1) is 10.1 Å². The monoisotopic (exact) mass is 510 g/mol. The van der Waals surface area contributed by atoms with Gasteiger partial charge in [0.25, 0.3) is 15.8 Å². The number of halogens is 1. The Morgan fingerprint density at radius 3 is 2.34 bits per heavy atom. The molecular formula is C25H23ClN4O4S. The van der Waals surface area contributed by atoms with Crippen molar-refractivity contribution in [3.05, 3.63) is 93.5 Å². The Kier molecular flexibility index (Phi) is 7.79. The van der Waals surface area contributed by atoms with Crippen molar-refractivity contribution in [2.45, 2.75) is 25.7 Å². The molecule has 8 nitrogen and oxygen atoms in total. The van der Waals surface area contributed by atoms with Crippen molar-refractivity contribution < 1.29 is 31.5 Å². The lowest BCUT2D eigenvalue weighted by Gasteiger charge is -2.04. The topological polar surface area (TPSA) is 90.4 Å². The summed E-state index contributed by atoms with van der Waals surface area (Å²) in [5, 5.41) is 21.6. The maximum Gasteiger partial charge on any atom is 0.276 e. The number of nitro groups is 1. The number of nitrogens with one attached hydrogen (secondary N) is 1. The summed E-state index contributed by atoms with van der Waals surface area (Å²) in [5.41, 5.74) is 2.73. The zero-order valence-electron chi connectivity index (χ0n) is 18.7. The highest BCUT2D eigenvalue weighted by atomic mass is 35.5. The number of rotatable bonds is 9. The molecule has 1 aliphatic rings. The van der Waals surface area contributed by atoms with Gasteiger partial charge in [0.05, 0.1) is 11.0 Å². The van der Waals surface area contributed by atoms with Gasteiger partial charge in [-0.2, -0.15) is 0 Å². The van der Waals surface area contributed by atoms with E-state index < -0.39 is 0 Å². The van der Waals surface area contributed by atoms with Crippen molar-refractivity contribution in [2.75, 3.05) is 12.1 Å². The summed E-state index contributed by atoms with van der Waals surface area (Å²) in [5.74, 6) is 1.00. The van der Waals surface area contributed by atoms with E-state index in [4.69, 9.17) is 14.6 Å². The summed E-state index contributed by atoms with van der Waals surface area (Å²) in [4.78, 5) is 11.2. The lowest BCUT2D eigenvalue weighted by atomic mass is 10.0. The summed E-state index contributed by atoms with van der Waals surface area (Å²) >= 11 is 1.62. The lowest BCUT2D eigenvalue weighted by molar-refractivity contribution is -0.660. The number of nitrogens with zero attached hydrogens (tertiary/aromatic N) is 3. The van der Waals surface area contributed by atoms with Crippen LogP contribution in [0.3, 0.4) is 0 Å². The van der Waals surface area contributed by atoms with Gasteiger partial charge in [-0.05, 0) is 53.5 Å². The number of hydrogen-bond donors (Lipinski definition) is 1. The van der Waals surface area contributed by atoms with Gasteiger partial charge in [0.2, 0.25) is 12.5 Å².